The van der Waals surface area contributed by atoms with Crippen molar-refractivity contribution in [2.24, 2.45) is 5.92 Å². The molecule has 0 bridgehead atoms. The summed E-state index contributed by atoms with van der Waals surface area (Å²) in [7, 11) is 0. The summed E-state index contributed by atoms with van der Waals surface area (Å²) in [6, 6.07) is 0.169. The fourth-order valence-electron chi connectivity index (χ4n) is 2.93. The number of amides is 1. The van der Waals surface area contributed by atoms with Gasteiger partial charge in [-0.2, -0.15) is 0 Å². The highest BCUT2D eigenvalue weighted by Gasteiger charge is 2.28. The van der Waals surface area contributed by atoms with Crippen LogP contribution in [0.15, 0.2) is 15.2 Å². The maximum atomic E-state index is 12.1. The molecule has 7 heteroatoms. The fourth-order valence-corrected chi connectivity index (χ4v) is 2.93. The third-order valence-corrected chi connectivity index (χ3v) is 4.11. The van der Waals surface area contributed by atoms with Crippen LogP contribution in [0, 0.1) is 12.8 Å². The maximum absolute atomic E-state index is 12.1. The molecule has 2 aromatic heterocycles. The van der Waals surface area contributed by atoms with Gasteiger partial charge in [0, 0.05) is 18.9 Å². The summed E-state index contributed by atoms with van der Waals surface area (Å²) in [4.78, 5) is 16.1. The molecule has 0 spiro atoms. The minimum atomic E-state index is -0.164. The van der Waals surface area contributed by atoms with E-state index in [-0.39, 0.29) is 11.9 Å². The lowest BCUT2D eigenvalue weighted by Gasteiger charge is -2.12. The smallest absolute Gasteiger partial charge is 0.273 e. The molecule has 1 N–H and O–H groups in total. The second-order valence-electron chi connectivity index (χ2n) is 5.75. The summed E-state index contributed by atoms with van der Waals surface area (Å²) in [5, 5.41) is 11.1. The van der Waals surface area contributed by atoms with Gasteiger partial charge in [-0.15, -0.1) is 10.2 Å². The average Bonchev–Trinajstić information content (AvgIpc) is 3.21. The summed E-state index contributed by atoms with van der Waals surface area (Å²) in [6.45, 7) is 3.73. The Balaban J connectivity index is 1.52. The second-order valence-corrected chi connectivity index (χ2v) is 5.75. The largest absolute Gasteiger partial charge is 0.448 e. The number of nitrogens with zero attached hydrogens (tertiary/aromatic N) is 3. The number of carbonyl (C=O) groups excluding carboxylic acids is 1. The van der Waals surface area contributed by atoms with E-state index in [1.807, 2.05) is 6.92 Å². The van der Waals surface area contributed by atoms with Crippen LogP contribution in [0.3, 0.4) is 0 Å². The average molecular weight is 304 g/mol. The molecule has 0 unspecified atom stereocenters. The molecule has 1 aliphatic rings. The number of hydrogen-bond donors (Lipinski definition) is 1. The van der Waals surface area contributed by atoms with E-state index in [0.29, 0.717) is 29.2 Å². The Labute approximate surface area is 128 Å². The molecule has 7 nitrogen and oxygen atoms in total. The van der Waals surface area contributed by atoms with Gasteiger partial charge in [0.2, 0.25) is 11.8 Å². The number of hydrogen-bond acceptors (Lipinski definition) is 6. The minimum absolute atomic E-state index is 0.164. The van der Waals surface area contributed by atoms with Gasteiger partial charge in [0.1, 0.15) is 5.76 Å². The number of rotatable bonds is 5. The number of nitrogens with one attached hydrogen (secondary N) is 1. The van der Waals surface area contributed by atoms with Crippen molar-refractivity contribution in [3.63, 3.8) is 0 Å². The Morgan fingerprint density at radius 1 is 1.36 bits per heavy atom. The van der Waals surface area contributed by atoms with Crippen LogP contribution in [0.2, 0.25) is 0 Å². The van der Waals surface area contributed by atoms with E-state index in [9.17, 15) is 4.79 Å². The molecule has 0 aromatic carbocycles. The van der Waals surface area contributed by atoms with E-state index >= 15 is 0 Å². The Hall–Kier alpha value is -2.18. The lowest BCUT2D eigenvalue weighted by Crippen LogP contribution is -2.33. The highest BCUT2D eigenvalue weighted by Crippen LogP contribution is 2.28. The van der Waals surface area contributed by atoms with Crippen LogP contribution >= 0.6 is 0 Å². The van der Waals surface area contributed by atoms with Gasteiger partial charge in [-0.1, -0.05) is 6.92 Å². The van der Waals surface area contributed by atoms with Crippen molar-refractivity contribution < 1.29 is 13.6 Å². The first-order valence-corrected chi connectivity index (χ1v) is 7.68. The van der Waals surface area contributed by atoms with Crippen LogP contribution in [0.4, 0.5) is 0 Å². The minimum Gasteiger partial charge on any atom is -0.448 e. The van der Waals surface area contributed by atoms with E-state index in [1.54, 1.807) is 6.92 Å². The zero-order valence-electron chi connectivity index (χ0n) is 12.8. The summed E-state index contributed by atoms with van der Waals surface area (Å²) in [6.07, 6.45) is 5.76. The first kappa shape index (κ1) is 14.7. The van der Waals surface area contributed by atoms with Crippen molar-refractivity contribution in [1.29, 1.82) is 0 Å². The van der Waals surface area contributed by atoms with Crippen molar-refractivity contribution in [3.8, 4) is 0 Å². The first-order chi connectivity index (χ1) is 10.7. The highest BCUT2D eigenvalue weighted by atomic mass is 16.4. The van der Waals surface area contributed by atoms with Crippen LogP contribution in [0.1, 0.15) is 54.2 Å². The molecule has 0 radical (unpaired) electrons. The summed E-state index contributed by atoms with van der Waals surface area (Å²) in [5.41, 5.74) is 0.368. The fraction of sp³-hybridized carbons (Fsp3) is 0.600. The molecule has 1 amide bonds. The first-order valence-electron chi connectivity index (χ1n) is 7.68. The summed E-state index contributed by atoms with van der Waals surface area (Å²) >= 11 is 0. The van der Waals surface area contributed by atoms with Crippen LogP contribution < -0.4 is 5.32 Å². The van der Waals surface area contributed by atoms with Gasteiger partial charge < -0.3 is 14.2 Å². The van der Waals surface area contributed by atoms with E-state index in [4.69, 9.17) is 8.83 Å². The highest BCUT2D eigenvalue weighted by molar-refractivity contribution is 5.93. The van der Waals surface area contributed by atoms with E-state index in [2.05, 4.69) is 20.5 Å². The molecule has 2 atom stereocenters. The third-order valence-electron chi connectivity index (χ3n) is 4.11. The standard InChI is InChI=1S/C15H20N4O3/c1-3-12-18-19-13(22-12)7-10-4-5-11(6-10)17-15(20)14-9(2)21-8-16-14/h8,10-11H,3-7H2,1-2H3,(H,17,20)/t10-,11+/m1/s1. The van der Waals surface area contributed by atoms with Crippen LogP contribution in [0.25, 0.3) is 0 Å². The number of oxazole rings is 1. The van der Waals surface area contributed by atoms with Crippen LogP contribution in [-0.2, 0) is 12.8 Å². The van der Waals surface area contributed by atoms with E-state index < -0.39 is 0 Å². The van der Waals surface area contributed by atoms with Gasteiger partial charge in [-0.25, -0.2) is 4.98 Å². The zero-order chi connectivity index (χ0) is 15.5. The molecule has 3 rings (SSSR count). The molecule has 0 aliphatic heterocycles. The lowest BCUT2D eigenvalue weighted by atomic mass is 10.0. The number of aromatic nitrogens is 3. The van der Waals surface area contributed by atoms with Gasteiger partial charge in [0.15, 0.2) is 12.1 Å². The molecule has 1 aliphatic carbocycles. The SMILES string of the molecule is CCc1nnc(C[C@@H]2CC[C@H](NC(=O)c3ncoc3C)C2)o1. The van der Waals surface area contributed by atoms with Crippen molar-refractivity contribution in [3.05, 3.63) is 29.6 Å². The Kier molecular flexibility index (Phi) is 4.22. The van der Waals surface area contributed by atoms with Gasteiger partial charge in [-0.05, 0) is 32.1 Å². The van der Waals surface area contributed by atoms with Gasteiger partial charge in [0.25, 0.3) is 5.91 Å². The summed E-state index contributed by atoms with van der Waals surface area (Å²) < 4.78 is 10.6. The quantitative estimate of drug-likeness (QED) is 0.908. The Morgan fingerprint density at radius 3 is 2.86 bits per heavy atom. The van der Waals surface area contributed by atoms with Gasteiger partial charge in [0.05, 0.1) is 0 Å². The maximum Gasteiger partial charge on any atom is 0.273 e. The van der Waals surface area contributed by atoms with Crippen LogP contribution in [0.5, 0.6) is 0 Å². The molecule has 2 heterocycles. The Morgan fingerprint density at radius 2 is 2.18 bits per heavy atom. The van der Waals surface area contributed by atoms with Crippen LogP contribution in [-0.4, -0.2) is 27.1 Å². The normalized spacial score (nSPS) is 21.2. The predicted octanol–water partition coefficient (Wildman–Crippen LogP) is 2.07. The van der Waals surface area contributed by atoms with Gasteiger partial charge >= 0.3 is 0 Å². The molecular weight excluding hydrogens is 284 g/mol. The van der Waals surface area contributed by atoms with E-state index in [1.165, 1.54) is 6.39 Å². The molecule has 118 valence electrons. The molecule has 1 saturated carbocycles. The zero-order valence-corrected chi connectivity index (χ0v) is 12.8. The van der Waals surface area contributed by atoms with Gasteiger partial charge in [-0.3, -0.25) is 4.79 Å². The second kappa shape index (κ2) is 6.29. The van der Waals surface area contributed by atoms with Crippen molar-refractivity contribution >= 4 is 5.91 Å². The predicted molar refractivity (Wildman–Crippen MR) is 77.2 cm³/mol. The number of carbonyl (C=O) groups is 1. The molecule has 2 aromatic rings. The number of aryl methyl sites for hydroxylation is 2. The topological polar surface area (TPSA) is 94.1 Å². The third kappa shape index (κ3) is 3.18. The Bertz CT molecular complexity index is 649. The molecular formula is C15H20N4O3. The lowest BCUT2D eigenvalue weighted by molar-refractivity contribution is 0.0931. The van der Waals surface area contributed by atoms with Crippen molar-refractivity contribution in [1.82, 2.24) is 20.5 Å². The monoisotopic (exact) mass is 304 g/mol. The van der Waals surface area contributed by atoms with Crippen molar-refractivity contribution in [2.45, 2.75) is 52.0 Å². The molecule has 0 saturated heterocycles. The van der Waals surface area contributed by atoms with Crippen molar-refractivity contribution in [2.75, 3.05) is 0 Å². The van der Waals surface area contributed by atoms with E-state index in [0.717, 1.165) is 32.1 Å². The summed E-state index contributed by atoms with van der Waals surface area (Å²) in [5.74, 6) is 2.22. The molecule has 1 fully saturated rings. The molecule has 22 heavy (non-hydrogen) atoms.